The Morgan fingerprint density at radius 1 is 1.06 bits per heavy atom. The molecule has 5 atom stereocenters. The first kappa shape index (κ1) is 33.9. The van der Waals surface area contributed by atoms with E-state index < -0.39 is 5.97 Å². The molecule has 2 saturated heterocycles. The van der Waals surface area contributed by atoms with Gasteiger partial charge in [0.1, 0.15) is 11.6 Å². The third kappa shape index (κ3) is 7.08. The molecule has 9 nitrogen and oxygen atoms in total. The summed E-state index contributed by atoms with van der Waals surface area (Å²) in [7, 11) is 4.13. The first-order valence-electron chi connectivity index (χ1n) is 18.8. The molecule has 7 rings (SSSR count). The van der Waals surface area contributed by atoms with Crippen molar-refractivity contribution in [1.29, 1.82) is 0 Å². The summed E-state index contributed by atoms with van der Waals surface area (Å²) >= 11 is 0. The number of hydrogen-bond acceptors (Lipinski definition) is 7. The van der Waals surface area contributed by atoms with Crippen molar-refractivity contribution in [3.05, 3.63) is 64.4 Å². The number of carboxylic acids is 1. The molecule has 3 fully saturated rings. The lowest BCUT2D eigenvalue weighted by atomic mass is 9.77. The molecular formula is C39H54FN7O2. The summed E-state index contributed by atoms with van der Waals surface area (Å²) in [4.78, 5) is 27.3. The van der Waals surface area contributed by atoms with Crippen molar-refractivity contribution in [2.45, 2.75) is 127 Å². The van der Waals surface area contributed by atoms with Crippen molar-refractivity contribution >= 4 is 17.7 Å². The Kier molecular flexibility index (Phi) is 9.95. The number of benzene rings is 1. The summed E-state index contributed by atoms with van der Waals surface area (Å²) in [5.41, 5.74) is 5.40. The first-order chi connectivity index (χ1) is 23.7. The molecule has 1 aromatic carbocycles. The van der Waals surface area contributed by atoms with E-state index in [4.69, 9.17) is 15.1 Å². The maximum absolute atomic E-state index is 14.4. The lowest BCUT2D eigenvalue weighted by Gasteiger charge is -2.39. The topological polar surface area (TPSA) is 99.4 Å². The summed E-state index contributed by atoms with van der Waals surface area (Å²) in [6, 6.07) is 10.7. The van der Waals surface area contributed by atoms with Crippen LogP contribution in [-0.4, -0.2) is 67.4 Å². The highest BCUT2D eigenvalue weighted by Crippen LogP contribution is 2.41. The molecule has 264 valence electrons. The van der Waals surface area contributed by atoms with E-state index in [1.165, 1.54) is 38.2 Å². The van der Waals surface area contributed by atoms with E-state index >= 15 is 0 Å². The quantitative estimate of drug-likeness (QED) is 0.221. The summed E-state index contributed by atoms with van der Waals surface area (Å²) in [6.07, 6.45) is 13.1. The standard InChI is InChI=1S/C39H54FN7O2/c1-5-36(25-12-14-26(15-13-25)38(48)49)45(3)39-42-33-19-16-28(27-8-6-9-29(40)21-27)22-32(33)37(43-39)41-35(34-20-24(2)46(4)44-34)23-47-30-10-7-11-31(47)18-17-30/h6,8-9,20-21,25-26,28,30-31,35-36H,5,7,10-19,22-23H2,1-4H3,(H,48,49)(H,41,42,43)/t25?,26?,28-,30-,31?,35+,36-/m1/s1. The number of nitrogens with zero attached hydrogens (tertiary/aromatic N) is 6. The van der Waals surface area contributed by atoms with Gasteiger partial charge in [-0.1, -0.05) is 25.5 Å². The van der Waals surface area contributed by atoms with Gasteiger partial charge in [0.2, 0.25) is 5.95 Å². The van der Waals surface area contributed by atoms with Crippen LogP contribution in [0.5, 0.6) is 0 Å². The van der Waals surface area contributed by atoms with E-state index in [0.29, 0.717) is 18.0 Å². The number of halogens is 1. The second-order valence-electron chi connectivity index (χ2n) is 15.4. The van der Waals surface area contributed by atoms with Gasteiger partial charge in [-0.2, -0.15) is 10.1 Å². The molecular weight excluding hydrogens is 617 g/mol. The Morgan fingerprint density at radius 3 is 2.47 bits per heavy atom. The van der Waals surface area contributed by atoms with Crippen LogP contribution in [0, 0.1) is 24.6 Å². The van der Waals surface area contributed by atoms with E-state index in [-0.39, 0.29) is 29.7 Å². The first-order valence-corrected chi connectivity index (χ1v) is 18.8. The number of aromatic nitrogens is 4. The number of hydrogen-bond donors (Lipinski definition) is 2. The maximum Gasteiger partial charge on any atom is 0.306 e. The summed E-state index contributed by atoms with van der Waals surface area (Å²) < 4.78 is 16.3. The zero-order chi connectivity index (χ0) is 34.2. The van der Waals surface area contributed by atoms with Gasteiger partial charge < -0.3 is 15.3 Å². The smallest absolute Gasteiger partial charge is 0.306 e. The summed E-state index contributed by atoms with van der Waals surface area (Å²) in [5, 5.41) is 18.6. The molecule has 49 heavy (non-hydrogen) atoms. The van der Waals surface area contributed by atoms with Crippen LogP contribution in [-0.2, 0) is 24.7 Å². The Morgan fingerprint density at radius 2 is 1.82 bits per heavy atom. The van der Waals surface area contributed by atoms with Gasteiger partial charge in [0.25, 0.3) is 0 Å². The average Bonchev–Trinajstić information content (AvgIpc) is 3.54. The van der Waals surface area contributed by atoms with E-state index in [2.05, 4.69) is 42.1 Å². The molecule has 1 saturated carbocycles. The highest BCUT2D eigenvalue weighted by Gasteiger charge is 2.39. The minimum Gasteiger partial charge on any atom is -0.481 e. The van der Waals surface area contributed by atoms with E-state index in [1.54, 1.807) is 6.07 Å². The average molecular weight is 672 g/mol. The molecule has 10 heteroatoms. The van der Waals surface area contributed by atoms with E-state index in [9.17, 15) is 14.3 Å². The lowest BCUT2D eigenvalue weighted by molar-refractivity contribution is -0.143. The van der Waals surface area contributed by atoms with Gasteiger partial charge in [-0.25, -0.2) is 9.37 Å². The van der Waals surface area contributed by atoms with Crippen LogP contribution in [0.1, 0.15) is 118 Å². The van der Waals surface area contributed by atoms with Crippen molar-refractivity contribution in [2.24, 2.45) is 18.9 Å². The van der Waals surface area contributed by atoms with Crippen molar-refractivity contribution in [1.82, 2.24) is 24.6 Å². The maximum atomic E-state index is 14.4. The molecule has 2 N–H and O–H groups in total. The molecule has 0 amide bonds. The highest BCUT2D eigenvalue weighted by molar-refractivity contribution is 5.70. The van der Waals surface area contributed by atoms with Gasteiger partial charge in [-0.05, 0) is 120 Å². The molecule has 1 unspecified atom stereocenters. The van der Waals surface area contributed by atoms with Gasteiger partial charge in [-0.15, -0.1) is 0 Å². The number of piperidine rings is 1. The number of anilines is 2. The van der Waals surface area contributed by atoms with Gasteiger partial charge in [0.15, 0.2) is 0 Å². The summed E-state index contributed by atoms with van der Waals surface area (Å²) in [5.74, 6) is 1.10. The number of rotatable bonds is 11. The van der Waals surface area contributed by atoms with Crippen molar-refractivity contribution in [3.8, 4) is 0 Å². The lowest BCUT2D eigenvalue weighted by Crippen LogP contribution is -2.43. The summed E-state index contributed by atoms with van der Waals surface area (Å²) in [6.45, 7) is 5.21. The number of carbonyl (C=O) groups is 1. The Bertz CT molecular complexity index is 1600. The molecule has 0 spiro atoms. The molecule has 4 heterocycles. The van der Waals surface area contributed by atoms with Crippen molar-refractivity contribution < 1.29 is 14.3 Å². The molecule has 2 aliphatic carbocycles. The largest absolute Gasteiger partial charge is 0.481 e. The van der Waals surface area contributed by atoms with E-state index in [1.807, 2.05) is 23.9 Å². The van der Waals surface area contributed by atoms with Crippen LogP contribution in [0.2, 0.25) is 0 Å². The molecule has 2 aliphatic heterocycles. The fourth-order valence-electron chi connectivity index (χ4n) is 9.61. The molecule has 4 aliphatic rings. The van der Waals surface area contributed by atoms with Crippen molar-refractivity contribution in [3.63, 3.8) is 0 Å². The zero-order valence-electron chi connectivity index (χ0n) is 29.7. The Labute approximate surface area is 290 Å². The molecule has 2 aromatic heterocycles. The van der Waals surface area contributed by atoms with Crippen LogP contribution >= 0.6 is 0 Å². The Balaban J connectivity index is 1.24. The number of aryl methyl sites for hydroxylation is 3. The van der Waals surface area contributed by atoms with Crippen LogP contribution in [0.3, 0.4) is 0 Å². The number of aliphatic carboxylic acids is 1. The van der Waals surface area contributed by atoms with Gasteiger partial charge >= 0.3 is 5.97 Å². The molecule has 2 bridgehead atoms. The minimum atomic E-state index is -0.666. The fraction of sp³-hybridized carbons (Fsp3) is 0.641. The van der Waals surface area contributed by atoms with Gasteiger partial charge in [0.05, 0.1) is 23.3 Å². The van der Waals surface area contributed by atoms with Crippen LogP contribution in [0.15, 0.2) is 30.3 Å². The monoisotopic (exact) mass is 671 g/mol. The second-order valence-corrected chi connectivity index (χ2v) is 15.4. The molecule has 3 aromatic rings. The predicted octanol–water partition coefficient (Wildman–Crippen LogP) is 7.21. The van der Waals surface area contributed by atoms with Crippen LogP contribution in [0.4, 0.5) is 16.2 Å². The highest BCUT2D eigenvalue weighted by atomic mass is 19.1. The zero-order valence-corrected chi connectivity index (χ0v) is 29.7. The van der Waals surface area contributed by atoms with Gasteiger partial charge in [-0.3, -0.25) is 14.4 Å². The number of nitrogens with one attached hydrogen (secondary N) is 1. The van der Waals surface area contributed by atoms with Gasteiger partial charge in [0, 0.05) is 50.0 Å². The fourth-order valence-corrected chi connectivity index (χ4v) is 9.61. The number of fused-ring (bicyclic) bond motifs is 3. The normalized spacial score (nSPS) is 26.6. The third-order valence-corrected chi connectivity index (χ3v) is 12.5. The molecule has 0 radical (unpaired) electrons. The van der Waals surface area contributed by atoms with Crippen molar-refractivity contribution in [2.75, 3.05) is 23.8 Å². The SMILES string of the molecule is CC[C@H](C1CCC(C(=O)O)CC1)N(C)c1nc2c(c(N[C@@H](CN3C4CCC[C@@H]3CC4)c3cc(C)n(C)n3)n1)C[C@H](c1cccc(F)c1)CC2. The Hall–Kier alpha value is -3.53. The van der Waals surface area contributed by atoms with Crippen LogP contribution < -0.4 is 10.2 Å². The minimum absolute atomic E-state index is 0.0407. The predicted molar refractivity (Wildman–Crippen MR) is 190 cm³/mol. The van der Waals surface area contributed by atoms with E-state index in [0.717, 1.165) is 97.9 Å². The second kappa shape index (κ2) is 14.4. The number of carboxylic acid groups (broad SMARTS) is 1. The van der Waals surface area contributed by atoms with Crippen LogP contribution in [0.25, 0.3) is 0 Å². The third-order valence-electron chi connectivity index (χ3n) is 12.5.